The molecule has 0 spiro atoms. The number of allylic oxidation sites excluding steroid dienone is 2. The first-order valence-corrected chi connectivity index (χ1v) is 15.5. The number of amides is 2. The van der Waals surface area contributed by atoms with E-state index in [1.165, 1.54) is 40.7 Å². The molecule has 1 saturated heterocycles. The number of halogens is 2. The Morgan fingerprint density at radius 2 is 1.64 bits per heavy atom. The van der Waals surface area contributed by atoms with Crippen LogP contribution in [-0.2, 0) is 28.6 Å². The van der Waals surface area contributed by atoms with E-state index < -0.39 is 52.3 Å². The van der Waals surface area contributed by atoms with Crippen LogP contribution < -0.4 is 16.8 Å². The van der Waals surface area contributed by atoms with Crippen LogP contribution in [0.4, 0.5) is 10.1 Å². The van der Waals surface area contributed by atoms with Crippen LogP contribution in [-0.4, -0.2) is 35.9 Å². The number of hydrogen-bond donors (Lipinski definition) is 2. The fraction of sp³-hybridized carbons (Fsp3) is 0.200. The molecule has 10 nitrogen and oxygen atoms in total. The number of phenols is 1. The van der Waals surface area contributed by atoms with Gasteiger partial charge in [-0.15, -0.1) is 0 Å². The fourth-order valence-electron chi connectivity index (χ4n) is 7.88. The Morgan fingerprint density at radius 3 is 2.38 bits per heavy atom. The van der Waals surface area contributed by atoms with Gasteiger partial charge in [0, 0.05) is 28.9 Å². The standard InChI is InChI=1S/C35H27ClFN5O5/c1-39-33(46)40-17-16-25-28(42(40)34(39)47)18-27-31(44)41(38-23-13-11-22(37)12-14-23)32(45)35(27,20-7-9-21(36)10-8-20)29(25)26-15-6-19-4-2-3-5-24(19)30(26)43/h2-16,27-29,38,43H,17-18H2,1H3/t27-,28+,29+,35+/m0/s1. The summed E-state index contributed by atoms with van der Waals surface area (Å²) in [5, 5.41) is 14.7. The molecule has 3 heterocycles. The number of carbonyl (C=O) groups is 2. The molecule has 4 atom stereocenters. The van der Waals surface area contributed by atoms with Crippen LogP contribution in [0.1, 0.15) is 29.5 Å². The molecule has 8 rings (SSSR count). The van der Waals surface area contributed by atoms with Crippen molar-refractivity contribution in [3.63, 3.8) is 0 Å². The lowest BCUT2D eigenvalue weighted by atomic mass is 9.53. The van der Waals surface area contributed by atoms with Crippen molar-refractivity contribution < 1.29 is 19.1 Å². The third kappa shape index (κ3) is 3.95. The zero-order chi connectivity index (χ0) is 32.8. The fourth-order valence-corrected chi connectivity index (χ4v) is 8.00. The minimum absolute atomic E-state index is 0.00876. The average Bonchev–Trinajstić information content (AvgIpc) is 3.43. The lowest BCUT2D eigenvalue weighted by Gasteiger charge is -2.49. The number of phenolic OH excluding ortho intramolecular Hbond substituents is 1. The van der Waals surface area contributed by atoms with Gasteiger partial charge in [-0.1, -0.05) is 66.2 Å². The third-order valence-electron chi connectivity index (χ3n) is 9.95. The smallest absolute Gasteiger partial charge is 0.347 e. The quantitative estimate of drug-likeness (QED) is 0.216. The molecule has 2 amide bonds. The van der Waals surface area contributed by atoms with Crippen LogP contribution in [0.3, 0.4) is 0 Å². The van der Waals surface area contributed by atoms with Crippen molar-refractivity contribution in [3.8, 4) is 5.75 Å². The molecular weight excluding hydrogens is 625 g/mol. The van der Waals surface area contributed by atoms with Crippen LogP contribution in [0.25, 0.3) is 10.8 Å². The van der Waals surface area contributed by atoms with Gasteiger partial charge in [0.1, 0.15) is 11.6 Å². The minimum atomic E-state index is -1.61. The molecule has 12 heteroatoms. The summed E-state index contributed by atoms with van der Waals surface area (Å²) in [4.78, 5) is 56.3. The molecule has 4 aromatic carbocycles. The van der Waals surface area contributed by atoms with E-state index in [4.69, 9.17) is 11.6 Å². The maximum atomic E-state index is 15.1. The van der Waals surface area contributed by atoms with Crippen LogP contribution in [0, 0.1) is 11.7 Å². The number of fused-ring (bicyclic) bond motifs is 5. The Morgan fingerprint density at radius 1 is 0.915 bits per heavy atom. The molecule has 1 aromatic heterocycles. The van der Waals surface area contributed by atoms with Crippen molar-refractivity contribution in [2.45, 2.75) is 30.3 Å². The number of imide groups is 1. The number of aromatic hydroxyl groups is 1. The second-order valence-electron chi connectivity index (χ2n) is 12.2. The number of rotatable bonds is 4. The van der Waals surface area contributed by atoms with Crippen molar-refractivity contribution in [2.24, 2.45) is 13.0 Å². The number of carbonyl (C=O) groups excluding carboxylic acids is 2. The number of aromatic nitrogens is 3. The second-order valence-corrected chi connectivity index (χ2v) is 12.6. The second kappa shape index (κ2) is 10.3. The maximum Gasteiger partial charge on any atom is 0.347 e. The summed E-state index contributed by atoms with van der Waals surface area (Å²) >= 11 is 6.32. The Balaban J connectivity index is 1.43. The number of nitrogens with zero attached hydrogens (tertiary/aromatic N) is 4. The van der Waals surface area contributed by atoms with Crippen molar-refractivity contribution >= 4 is 39.9 Å². The summed E-state index contributed by atoms with van der Waals surface area (Å²) in [6, 6.07) is 22.1. The first kappa shape index (κ1) is 29.0. The predicted octanol–water partition coefficient (Wildman–Crippen LogP) is 4.62. The Kier molecular flexibility index (Phi) is 6.36. The third-order valence-corrected chi connectivity index (χ3v) is 10.2. The van der Waals surface area contributed by atoms with E-state index in [1.807, 2.05) is 24.3 Å². The Labute approximate surface area is 271 Å². The predicted molar refractivity (Wildman–Crippen MR) is 173 cm³/mol. The summed E-state index contributed by atoms with van der Waals surface area (Å²) < 4.78 is 17.5. The van der Waals surface area contributed by atoms with Gasteiger partial charge in [0.2, 0.25) is 0 Å². The van der Waals surface area contributed by atoms with Gasteiger partial charge in [-0.2, -0.15) is 5.01 Å². The van der Waals surface area contributed by atoms with Crippen LogP contribution in [0.5, 0.6) is 5.75 Å². The van der Waals surface area contributed by atoms with Crippen LogP contribution in [0.15, 0.2) is 106 Å². The van der Waals surface area contributed by atoms with E-state index in [0.29, 0.717) is 32.8 Å². The van der Waals surface area contributed by atoms with Crippen LogP contribution >= 0.6 is 11.6 Å². The van der Waals surface area contributed by atoms with Crippen molar-refractivity contribution in [3.05, 3.63) is 140 Å². The monoisotopic (exact) mass is 651 g/mol. The molecule has 236 valence electrons. The number of benzene rings is 4. The summed E-state index contributed by atoms with van der Waals surface area (Å²) in [6.07, 6.45) is 1.83. The van der Waals surface area contributed by atoms with Gasteiger partial charge in [0.25, 0.3) is 11.8 Å². The number of anilines is 1. The molecule has 47 heavy (non-hydrogen) atoms. The first-order chi connectivity index (χ1) is 22.6. The Bertz CT molecular complexity index is 2290. The number of hydrogen-bond acceptors (Lipinski definition) is 6. The van der Waals surface area contributed by atoms with E-state index in [0.717, 1.165) is 15.0 Å². The minimum Gasteiger partial charge on any atom is -0.507 e. The van der Waals surface area contributed by atoms with E-state index in [2.05, 4.69) is 5.43 Å². The summed E-state index contributed by atoms with van der Waals surface area (Å²) in [7, 11) is 1.40. The highest BCUT2D eigenvalue weighted by Gasteiger charge is 2.69. The zero-order valence-electron chi connectivity index (χ0n) is 24.9. The lowest BCUT2D eigenvalue weighted by Crippen LogP contribution is -2.53. The number of hydrazine groups is 1. The Hall–Kier alpha value is -5.42. The highest BCUT2D eigenvalue weighted by molar-refractivity contribution is 6.30. The summed E-state index contributed by atoms with van der Waals surface area (Å²) in [5.74, 6) is -3.71. The summed E-state index contributed by atoms with van der Waals surface area (Å²) in [6.45, 7) is 0.0482. The van der Waals surface area contributed by atoms with Gasteiger partial charge in [-0.05, 0) is 59.3 Å². The van der Waals surface area contributed by atoms with Gasteiger partial charge in [-0.25, -0.2) is 27.9 Å². The molecule has 0 bridgehead atoms. The molecule has 1 aliphatic carbocycles. The van der Waals surface area contributed by atoms with Gasteiger partial charge >= 0.3 is 11.4 Å². The summed E-state index contributed by atoms with van der Waals surface area (Å²) in [5.41, 5.74) is 2.06. The van der Waals surface area contributed by atoms with Gasteiger partial charge in [0.05, 0.1) is 29.6 Å². The van der Waals surface area contributed by atoms with E-state index in [9.17, 15) is 23.9 Å². The lowest BCUT2D eigenvalue weighted by molar-refractivity contribution is -0.138. The molecule has 1 saturated carbocycles. The van der Waals surface area contributed by atoms with Crippen molar-refractivity contribution in [1.82, 2.24) is 18.9 Å². The zero-order valence-corrected chi connectivity index (χ0v) is 25.7. The van der Waals surface area contributed by atoms with E-state index in [-0.39, 0.29) is 18.7 Å². The van der Waals surface area contributed by atoms with Crippen LogP contribution in [0.2, 0.25) is 5.02 Å². The molecule has 0 unspecified atom stereocenters. The molecule has 2 N–H and O–H groups in total. The largest absolute Gasteiger partial charge is 0.507 e. The van der Waals surface area contributed by atoms with Gasteiger partial charge < -0.3 is 5.11 Å². The highest BCUT2D eigenvalue weighted by Crippen LogP contribution is 2.63. The number of nitrogens with one attached hydrogen (secondary N) is 1. The normalized spacial score (nSPS) is 23.3. The molecular formula is C35H27ClFN5O5. The van der Waals surface area contributed by atoms with Gasteiger partial charge in [-0.3, -0.25) is 15.0 Å². The molecule has 3 aliphatic rings. The first-order valence-electron chi connectivity index (χ1n) is 15.1. The van der Waals surface area contributed by atoms with Crippen molar-refractivity contribution in [2.75, 3.05) is 5.43 Å². The average molecular weight is 652 g/mol. The SMILES string of the molecule is Cn1c(=O)n2n(c1=O)[C@@H]1C[C@H]3C(=O)N(Nc4ccc(F)cc4)C(=O)[C@@]3(c3ccc(Cl)cc3)[C@@H](c3ccc4ccccc4c3O)C1=CC2. The molecule has 0 radical (unpaired) electrons. The highest BCUT2D eigenvalue weighted by atomic mass is 35.5. The van der Waals surface area contributed by atoms with E-state index in [1.54, 1.807) is 42.5 Å². The van der Waals surface area contributed by atoms with Gasteiger partial charge in [0.15, 0.2) is 0 Å². The molecule has 5 aromatic rings. The topological polar surface area (TPSA) is 119 Å². The molecule has 2 aliphatic heterocycles. The van der Waals surface area contributed by atoms with E-state index >= 15 is 4.79 Å². The molecule has 2 fully saturated rings. The van der Waals surface area contributed by atoms with Crippen molar-refractivity contribution in [1.29, 1.82) is 0 Å². The maximum absolute atomic E-state index is 15.1.